The van der Waals surface area contributed by atoms with Crippen molar-refractivity contribution in [2.24, 2.45) is 0 Å². The number of Topliss-reactive ketones (excluding diaryl/α,β-unsaturated/α-hetero) is 1. The Bertz CT molecular complexity index is 948. The quantitative estimate of drug-likeness (QED) is 0.612. The summed E-state index contributed by atoms with van der Waals surface area (Å²) in [4.78, 5) is 41.3. The second kappa shape index (κ2) is 9.96. The van der Waals surface area contributed by atoms with Crippen LogP contribution in [-0.4, -0.2) is 54.3 Å². The van der Waals surface area contributed by atoms with Crippen molar-refractivity contribution in [3.8, 4) is 11.5 Å². The SMILES string of the molecule is CCOc1ccc(NC(=O)CN(C)C(=O)c2[nH]c(C)c(C(C)=O)c2C)cc1OCC. The van der Waals surface area contributed by atoms with E-state index in [1.165, 1.54) is 18.9 Å². The molecule has 0 aliphatic carbocycles. The predicted octanol–water partition coefficient (Wildman–Crippen LogP) is 3.34. The van der Waals surface area contributed by atoms with Crippen molar-refractivity contribution in [3.63, 3.8) is 0 Å². The highest BCUT2D eigenvalue weighted by Gasteiger charge is 2.23. The van der Waals surface area contributed by atoms with E-state index in [4.69, 9.17) is 9.47 Å². The summed E-state index contributed by atoms with van der Waals surface area (Å²) in [6, 6.07) is 5.13. The van der Waals surface area contributed by atoms with Gasteiger partial charge in [0.05, 0.1) is 19.8 Å². The van der Waals surface area contributed by atoms with Crippen molar-refractivity contribution in [2.45, 2.75) is 34.6 Å². The van der Waals surface area contributed by atoms with Crippen LogP contribution in [0.5, 0.6) is 11.5 Å². The molecule has 1 aromatic carbocycles. The van der Waals surface area contributed by atoms with E-state index in [2.05, 4.69) is 10.3 Å². The molecular formula is C22H29N3O5. The summed E-state index contributed by atoms with van der Waals surface area (Å²) in [5, 5.41) is 2.76. The summed E-state index contributed by atoms with van der Waals surface area (Å²) in [7, 11) is 1.54. The Balaban J connectivity index is 2.09. The third kappa shape index (κ3) is 5.20. The van der Waals surface area contributed by atoms with Gasteiger partial charge in [-0.05, 0) is 52.3 Å². The minimum atomic E-state index is -0.361. The van der Waals surface area contributed by atoms with Crippen molar-refractivity contribution in [2.75, 3.05) is 32.1 Å². The molecule has 30 heavy (non-hydrogen) atoms. The monoisotopic (exact) mass is 415 g/mol. The van der Waals surface area contributed by atoms with Crippen LogP contribution in [0.25, 0.3) is 0 Å². The molecule has 0 fully saturated rings. The molecule has 0 spiro atoms. The molecule has 2 aromatic rings. The number of aromatic nitrogens is 1. The summed E-state index contributed by atoms with van der Waals surface area (Å²) in [5.74, 6) is 0.311. The number of hydrogen-bond acceptors (Lipinski definition) is 5. The van der Waals surface area contributed by atoms with Gasteiger partial charge in [-0.15, -0.1) is 0 Å². The zero-order valence-corrected chi connectivity index (χ0v) is 18.3. The van der Waals surface area contributed by atoms with E-state index < -0.39 is 0 Å². The van der Waals surface area contributed by atoms with Crippen LogP contribution in [0.15, 0.2) is 18.2 Å². The van der Waals surface area contributed by atoms with E-state index >= 15 is 0 Å². The standard InChI is InChI=1S/C22H29N3O5/c1-7-29-17-10-9-16(11-18(17)30-8-2)24-19(27)12-25(6)22(28)21-13(3)20(15(5)26)14(4)23-21/h9-11,23H,7-8,12H2,1-6H3,(H,24,27). The fraction of sp³-hybridized carbons (Fsp3) is 0.409. The van der Waals surface area contributed by atoms with Crippen LogP contribution in [0.4, 0.5) is 5.69 Å². The van der Waals surface area contributed by atoms with Gasteiger partial charge in [0.1, 0.15) is 5.69 Å². The molecule has 8 heteroatoms. The van der Waals surface area contributed by atoms with Crippen LogP contribution in [0.1, 0.15) is 52.9 Å². The van der Waals surface area contributed by atoms with Gasteiger partial charge in [-0.2, -0.15) is 0 Å². The molecule has 0 radical (unpaired) electrons. The molecule has 2 N–H and O–H groups in total. The highest BCUT2D eigenvalue weighted by molar-refractivity contribution is 6.03. The molecule has 8 nitrogen and oxygen atoms in total. The Morgan fingerprint density at radius 3 is 2.27 bits per heavy atom. The Kier molecular flexibility index (Phi) is 7.63. The lowest BCUT2D eigenvalue weighted by molar-refractivity contribution is -0.116. The van der Waals surface area contributed by atoms with Crippen molar-refractivity contribution in [1.29, 1.82) is 0 Å². The van der Waals surface area contributed by atoms with Gasteiger partial charge in [-0.1, -0.05) is 0 Å². The topological polar surface area (TPSA) is 101 Å². The van der Waals surface area contributed by atoms with Gasteiger partial charge >= 0.3 is 0 Å². The summed E-state index contributed by atoms with van der Waals surface area (Å²) in [6.45, 7) is 9.48. The fourth-order valence-corrected chi connectivity index (χ4v) is 3.30. The molecule has 2 rings (SSSR count). The average Bonchev–Trinajstić information content (AvgIpc) is 2.97. The van der Waals surface area contributed by atoms with Crippen LogP contribution in [-0.2, 0) is 4.79 Å². The maximum atomic E-state index is 12.8. The predicted molar refractivity (Wildman–Crippen MR) is 115 cm³/mol. The van der Waals surface area contributed by atoms with Crippen molar-refractivity contribution >= 4 is 23.3 Å². The van der Waals surface area contributed by atoms with Gasteiger partial charge in [-0.25, -0.2) is 0 Å². The molecule has 0 unspecified atom stereocenters. The zero-order chi connectivity index (χ0) is 22.4. The molecule has 0 aliphatic heterocycles. The third-order valence-electron chi connectivity index (χ3n) is 4.56. The van der Waals surface area contributed by atoms with Gasteiger partial charge < -0.3 is 24.7 Å². The van der Waals surface area contributed by atoms with Crippen molar-refractivity contribution in [1.82, 2.24) is 9.88 Å². The summed E-state index contributed by atoms with van der Waals surface area (Å²) >= 11 is 0. The smallest absolute Gasteiger partial charge is 0.270 e. The molecule has 1 heterocycles. The molecular weight excluding hydrogens is 386 g/mol. The van der Waals surface area contributed by atoms with Gasteiger partial charge in [0.2, 0.25) is 5.91 Å². The summed E-state index contributed by atoms with van der Waals surface area (Å²) < 4.78 is 11.1. The number of benzene rings is 1. The second-order valence-electron chi connectivity index (χ2n) is 6.92. The van der Waals surface area contributed by atoms with Crippen LogP contribution >= 0.6 is 0 Å². The van der Waals surface area contributed by atoms with Gasteiger partial charge in [0.15, 0.2) is 17.3 Å². The van der Waals surface area contributed by atoms with E-state index in [1.54, 1.807) is 32.0 Å². The van der Waals surface area contributed by atoms with Crippen molar-refractivity contribution in [3.05, 3.63) is 40.7 Å². The number of H-pyrrole nitrogens is 1. The lowest BCUT2D eigenvalue weighted by Gasteiger charge is -2.17. The Morgan fingerprint density at radius 1 is 1.07 bits per heavy atom. The Hall–Kier alpha value is -3.29. The number of hydrogen-bond donors (Lipinski definition) is 2. The lowest BCUT2D eigenvalue weighted by Crippen LogP contribution is -2.35. The summed E-state index contributed by atoms with van der Waals surface area (Å²) in [6.07, 6.45) is 0. The first-order chi connectivity index (χ1) is 14.2. The van der Waals surface area contributed by atoms with Gasteiger partial charge in [0.25, 0.3) is 5.91 Å². The normalized spacial score (nSPS) is 10.5. The maximum Gasteiger partial charge on any atom is 0.270 e. The highest BCUT2D eigenvalue weighted by Crippen LogP contribution is 2.30. The molecule has 0 aliphatic rings. The van der Waals surface area contributed by atoms with Gasteiger partial charge in [0, 0.05) is 30.1 Å². The van der Waals surface area contributed by atoms with Crippen molar-refractivity contribution < 1.29 is 23.9 Å². The van der Waals surface area contributed by atoms with E-state index in [1.807, 2.05) is 13.8 Å². The lowest BCUT2D eigenvalue weighted by atomic mass is 10.1. The summed E-state index contributed by atoms with van der Waals surface area (Å²) in [5.41, 5.74) is 2.59. The molecule has 162 valence electrons. The average molecular weight is 415 g/mol. The van der Waals surface area contributed by atoms with Crippen LogP contribution in [0, 0.1) is 13.8 Å². The molecule has 0 atom stereocenters. The fourth-order valence-electron chi connectivity index (χ4n) is 3.30. The second-order valence-corrected chi connectivity index (χ2v) is 6.92. The molecule has 2 amide bonds. The third-order valence-corrected chi connectivity index (χ3v) is 4.56. The number of carbonyl (C=O) groups excluding carboxylic acids is 3. The van der Waals surface area contributed by atoms with Crippen LogP contribution in [0.3, 0.4) is 0 Å². The van der Waals surface area contributed by atoms with E-state index in [0.717, 1.165) is 0 Å². The number of likely N-dealkylation sites (N-methyl/N-ethyl adjacent to an activating group) is 1. The first kappa shape index (κ1) is 23.0. The number of ether oxygens (including phenoxy) is 2. The molecule has 0 saturated carbocycles. The molecule has 0 saturated heterocycles. The van der Waals surface area contributed by atoms with Crippen LogP contribution < -0.4 is 14.8 Å². The number of rotatable bonds is 9. The molecule has 0 bridgehead atoms. The maximum absolute atomic E-state index is 12.8. The first-order valence-electron chi connectivity index (χ1n) is 9.84. The minimum absolute atomic E-state index is 0.110. The number of aromatic amines is 1. The van der Waals surface area contributed by atoms with Gasteiger partial charge in [-0.3, -0.25) is 14.4 Å². The highest BCUT2D eigenvalue weighted by atomic mass is 16.5. The number of amides is 2. The Morgan fingerprint density at radius 2 is 1.70 bits per heavy atom. The number of carbonyl (C=O) groups is 3. The number of nitrogens with one attached hydrogen (secondary N) is 2. The molecule has 1 aromatic heterocycles. The first-order valence-corrected chi connectivity index (χ1v) is 9.84. The van der Waals surface area contributed by atoms with E-state index in [0.29, 0.717) is 52.9 Å². The zero-order valence-electron chi connectivity index (χ0n) is 18.3. The largest absolute Gasteiger partial charge is 0.490 e. The number of aryl methyl sites for hydroxylation is 1. The number of ketones is 1. The van der Waals surface area contributed by atoms with E-state index in [9.17, 15) is 14.4 Å². The number of nitrogens with zero attached hydrogens (tertiary/aromatic N) is 1. The Labute approximate surface area is 176 Å². The number of anilines is 1. The van der Waals surface area contributed by atoms with E-state index in [-0.39, 0.29) is 24.1 Å². The van der Waals surface area contributed by atoms with Crippen LogP contribution in [0.2, 0.25) is 0 Å². The minimum Gasteiger partial charge on any atom is -0.490 e.